The Labute approximate surface area is 246 Å². The number of aromatic nitrogens is 1. The molecule has 1 aliphatic rings. The number of hydrogen-bond acceptors (Lipinski definition) is 9. The maximum atomic E-state index is 13.2. The van der Waals surface area contributed by atoms with Crippen LogP contribution in [0.4, 0.5) is 21.9 Å². The molecule has 1 fully saturated rings. The van der Waals surface area contributed by atoms with Gasteiger partial charge < -0.3 is 24.0 Å². The number of amides is 2. The van der Waals surface area contributed by atoms with E-state index in [1.54, 1.807) is 63.4 Å². The molecule has 0 bridgehead atoms. The van der Waals surface area contributed by atoms with Gasteiger partial charge in [0, 0.05) is 33.2 Å². The van der Waals surface area contributed by atoms with Crippen molar-refractivity contribution in [2.24, 2.45) is 0 Å². The quantitative estimate of drug-likeness (QED) is 0.352. The molecular weight excluding hydrogens is 560 g/mol. The molecule has 2 amide bonds. The number of likely N-dealkylation sites (N-methyl/N-ethyl adjacent to an activating group) is 1. The second-order valence-electron chi connectivity index (χ2n) is 10.8. The first-order valence-corrected chi connectivity index (χ1v) is 14.8. The van der Waals surface area contributed by atoms with Crippen molar-refractivity contribution in [3.8, 4) is 16.9 Å². The standard InChI is InChI=1S/C29H36N6O6S/c1-29(2,3)40-28(37)33-24-12-8-21(20-6-10-23(11-7-20)41-42(38,39)30-4)18-26(24)32-27(36)25-13-9-22(19-31-25)35-16-14-34(5)15-17-35/h6-13,18-19,30H,14-17H2,1-5H3,(H,32,36)(H,33,37). The molecule has 0 radical (unpaired) electrons. The van der Waals surface area contributed by atoms with Crippen molar-refractivity contribution in [1.82, 2.24) is 14.6 Å². The third-order valence-electron chi connectivity index (χ3n) is 6.40. The smallest absolute Gasteiger partial charge is 0.412 e. The van der Waals surface area contributed by atoms with Crippen LogP contribution >= 0.6 is 0 Å². The van der Waals surface area contributed by atoms with E-state index in [1.165, 1.54) is 19.2 Å². The van der Waals surface area contributed by atoms with Gasteiger partial charge >= 0.3 is 16.4 Å². The largest absolute Gasteiger partial charge is 0.444 e. The summed E-state index contributed by atoms with van der Waals surface area (Å²) < 4.78 is 35.8. The number of ether oxygens (including phenoxy) is 1. The van der Waals surface area contributed by atoms with Gasteiger partial charge in [0.05, 0.1) is 23.3 Å². The Bertz CT molecular complexity index is 1510. The molecule has 1 saturated heterocycles. The first kappa shape index (κ1) is 30.8. The first-order valence-electron chi connectivity index (χ1n) is 13.4. The van der Waals surface area contributed by atoms with Crippen molar-refractivity contribution in [2.75, 3.05) is 55.8 Å². The lowest BCUT2D eigenvalue weighted by molar-refractivity contribution is 0.0635. The van der Waals surface area contributed by atoms with Gasteiger partial charge in [-0.25, -0.2) is 9.78 Å². The number of benzene rings is 2. The molecule has 0 spiro atoms. The highest BCUT2D eigenvalue weighted by molar-refractivity contribution is 7.85. The number of pyridine rings is 1. The fourth-order valence-corrected chi connectivity index (χ4v) is 4.63. The number of carbonyl (C=O) groups excluding carboxylic acids is 2. The predicted octanol–water partition coefficient (Wildman–Crippen LogP) is 3.94. The summed E-state index contributed by atoms with van der Waals surface area (Å²) in [6.07, 6.45) is 1.02. The Balaban J connectivity index is 1.57. The maximum Gasteiger partial charge on any atom is 0.412 e. The minimum absolute atomic E-state index is 0.135. The van der Waals surface area contributed by atoms with Gasteiger partial charge in [0.2, 0.25) is 0 Å². The van der Waals surface area contributed by atoms with Gasteiger partial charge in [-0.1, -0.05) is 18.2 Å². The molecule has 13 heteroatoms. The van der Waals surface area contributed by atoms with E-state index in [0.717, 1.165) is 37.4 Å². The molecule has 0 aliphatic carbocycles. The number of anilines is 3. The van der Waals surface area contributed by atoms with Gasteiger partial charge in [-0.3, -0.25) is 10.1 Å². The molecule has 3 N–H and O–H groups in total. The van der Waals surface area contributed by atoms with Crippen molar-refractivity contribution >= 4 is 39.4 Å². The summed E-state index contributed by atoms with van der Waals surface area (Å²) in [5.74, 6) is -0.318. The van der Waals surface area contributed by atoms with Gasteiger partial charge in [0.25, 0.3) is 5.91 Å². The second kappa shape index (κ2) is 12.8. The average molecular weight is 597 g/mol. The van der Waals surface area contributed by atoms with Crippen LogP contribution in [0.15, 0.2) is 60.8 Å². The zero-order valence-electron chi connectivity index (χ0n) is 24.3. The van der Waals surface area contributed by atoms with Crippen molar-refractivity contribution in [2.45, 2.75) is 26.4 Å². The van der Waals surface area contributed by atoms with Crippen LogP contribution in [-0.4, -0.2) is 76.2 Å². The van der Waals surface area contributed by atoms with Crippen molar-refractivity contribution in [3.63, 3.8) is 0 Å². The molecule has 3 aromatic rings. The van der Waals surface area contributed by atoms with Crippen molar-refractivity contribution in [1.29, 1.82) is 0 Å². The van der Waals surface area contributed by atoms with Gasteiger partial charge in [0.1, 0.15) is 17.0 Å². The van der Waals surface area contributed by atoms with E-state index in [2.05, 4.69) is 37.2 Å². The van der Waals surface area contributed by atoms with Gasteiger partial charge in [-0.2, -0.15) is 13.1 Å². The van der Waals surface area contributed by atoms with Crippen LogP contribution in [-0.2, 0) is 15.0 Å². The molecule has 0 atom stereocenters. The summed E-state index contributed by atoms with van der Waals surface area (Å²) >= 11 is 0. The van der Waals surface area contributed by atoms with Gasteiger partial charge in [-0.15, -0.1) is 0 Å². The van der Waals surface area contributed by atoms with E-state index in [9.17, 15) is 18.0 Å². The topological polar surface area (TPSA) is 142 Å². The highest BCUT2D eigenvalue weighted by atomic mass is 32.2. The Morgan fingerprint density at radius 1 is 0.881 bits per heavy atom. The Morgan fingerprint density at radius 2 is 1.55 bits per heavy atom. The van der Waals surface area contributed by atoms with Gasteiger partial charge in [0.15, 0.2) is 0 Å². The summed E-state index contributed by atoms with van der Waals surface area (Å²) in [5, 5.41) is 5.55. The lowest BCUT2D eigenvalue weighted by atomic mass is 10.0. The molecule has 224 valence electrons. The lowest BCUT2D eigenvalue weighted by Crippen LogP contribution is -2.44. The van der Waals surface area contributed by atoms with Crippen molar-refractivity contribution in [3.05, 3.63) is 66.5 Å². The van der Waals surface area contributed by atoms with Crippen LogP contribution < -0.4 is 24.4 Å². The van der Waals surface area contributed by atoms with Crippen LogP contribution in [0, 0.1) is 0 Å². The van der Waals surface area contributed by atoms with E-state index in [1.807, 2.05) is 6.07 Å². The number of carbonyl (C=O) groups is 2. The number of piperazine rings is 1. The average Bonchev–Trinajstić information content (AvgIpc) is 2.94. The Kier molecular flexibility index (Phi) is 9.34. The van der Waals surface area contributed by atoms with E-state index >= 15 is 0 Å². The molecule has 1 aliphatic heterocycles. The highest BCUT2D eigenvalue weighted by Crippen LogP contribution is 2.31. The molecule has 42 heavy (non-hydrogen) atoms. The van der Waals surface area contributed by atoms with Crippen LogP contribution in [0.2, 0.25) is 0 Å². The molecule has 1 aromatic heterocycles. The zero-order chi connectivity index (χ0) is 30.5. The molecule has 2 heterocycles. The van der Waals surface area contributed by atoms with Crippen LogP contribution in [0.25, 0.3) is 11.1 Å². The van der Waals surface area contributed by atoms with E-state index in [-0.39, 0.29) is 11.4 Å². The third kappa shape index (κ3) is 8.41. The summed E-state index contributed by atoms with van der Waals surface area (Å²) in [5.41, 5.74) is 2.52. The van der Waals surface area contributed by atoms with Crippen LogP contribution in [0.3, 0.4) is 0 Å². The fraction of sp³-hybridized carbons (Fsp3) is 0.345. The minimum atomic E-state index is -3.90. The number of nitrogens with one attached hydrogen (secondary N) is 3. The SMILES string of the molecule is CNS(=O)(=O)Oc1ccc(-c2ccc(NC(=O)OC(C)(C)C)c(NC(=O)c3ccc(N4CCN(C)CC4)cn3)c2)cc1. The molecule has 4 rings (SSSR count). The summed E-state index contributed by atoms with van der Waals surface area (Å²) in [7, 11) is -0.556. The number of hydrogen-bond donors (Lipinski definition) is 3. The molecule has 12 nitrogen and oxygen atoms in total. The molecule has 0 saturated carbocycles. The first-order chi connectivity index (χ1) is 19.8. The fourth-order valence-electron chi connectivity index (χ4n) is 4.18. The predicted molar refractivity (Wildman–Crippen MR) is 162 cm³/mol. The Hall–Kier alpha value is -4.20. The molecule has 0 unspecified atom stereocenters. The zero-order valence-corrected chi connectivity index (χ0v) is 25.1. The maximum absolute atomic E-state index is 13.2. The molecular formula is C29H36N6O6S. The highest BCUT2D eigenvalue weighted by Gasteiger charge is 2.20. The van der Waals surface area contributed by atoms with E-state index in [4.69, 9.17) is 8.92 Å². The van der Waals surface area contributed by atoms with Gasteiger partial charge in [-0.05, 0) is 75.3 Å². The monoisotopic (exact) mass is 596 g/mol. The summed E-state index contributed by atoms with van der Waals surface area (Å²) in [4.78, 5) is 34.7. The lowest BCUT2D eigenvalue weighted by Gasteiger charge is -2.33. The summed E-state index contributed by atoms with van der Waals surface area (Å²) in [6.45, 7) is 8.94. The molecule has 2 aromatic carbocycles. The number of nitrogens with zero attached hydrogens (tertiary/aromatic N) is 3. The van der Waals surface area contributed by atoms with Crippen LogP contribution in [0.5, 0.6) is 5.75 Å². The van der Waals surface area contributed by atoms with Crippen molar-refractivity contribution < 1.29 is 26.9 Å². The van der Waals surface area contributed by atoms with E-state index < -0.39 is 27.9 Å². The Morgan fingerprint density at radius 3 is 2.14 bits per heavy atom. The minimum Gasteiger partial charge on any atom is -0.444 e. The third-order valence-corrected chi connectivity index (χ3v) is 7.31. The normalized spacial score (nSPS) is 14.3. The number of rotatable bonds is 8. The second-order valence-corrected chi connectivity index (χ2v) is 12.3. The summed E-state index contributed by atoms with van der Waals surface area (Å²) in [6, 6.07) is 15.0. The van der Waals surface area contributed by atoms with E-state index in [0.29, 0.717) is 16.9 Å². The van der Waals surface area contributed by atoms with Crippen LogP contribution in [0.1, 0.15) is 31.3 Å².